The van der Waals surface area contributed by atoms with Crippen LogP contribution in [0.5, 0.6) is 5.75 Å². The number of ether oxygens (including phenoxy) is 1. The van der Waals surface area contributed by atoms with Gasteiger partial charge in [-0.3, -0.25) is 4.79 Å². The lowest BCUT2D eigenvalue weighted by atomic mass is 10.1. The molecular weight excluding hydrogens is 278 g/mol. The lowest BCUT2D eigenvalue weighted by Gasteiger charge is -2.08. The largest absolute Gasteiger partial charge is 0.494 e. The minimum Gasteiger partial charge on any atom is -0.494 e. The molecule has 2 aromatic rings. The summed E-state index contributed by atoms with van der Waals surface area (Å²) < 4.78 is 31.1. The maximum atomic E-state index is 13.3. The average molecular weight is 288 g/mol. The number of benzene rings is 2. The number of halogens is 2. The van der Waals surface area contributed by atoms with Gasteiger partial charge in [0.25, 0.3) is 5.91 Å². The van der Waals surface area contributed by atoms with Crippen LogP contribution in [-0.2, 0) is 0 Å². The number of nitrogens with zero attached hydrogens (tertiary/aromatic N) is 1. The van der Waals surface area contributed by atoms with E-state index in [1.165, 1.54) is 25.3 Å². The molecule has 0 aliphatic heterocycles. The summed E-state index contributed by atoms with van der Waals surface area (Å²) in [6.07, 6.45) is 0. The summed E-state index contributed by atoms with van der Waals surface area (Å²) in [6, 6.07) is 8.83. The van der Waals surface area contributed by atoms with E-state index in [2.05, 4.69) is 5.32 Å². The Kier molecular flexibility index (Phi) is 4.14. The number of carbonyl (C=O) groups excluding carboxylic acids is 1. The van der Waals surface area contributed by atoms with Crippen LogP contribution < -0.4 is 10.1 Å². The van der Waals surface area contributed by atoms with Crippen molar-refractivity contribution in [2.75, 3.05) is 12.4 Å². The standard InChI is InChI=1S/C15H10F2N2O2/c1-21-14-7-9(2-4-12(14)17)15(20)19-13-5-3-11(16)6-10(13)8-18/h2-7H,1H3,(H,19,20). The van der Waals surface area contributed by atoms with Crippen LogP contribution in [0.15, 0.2) is 36.4 Å². The second kappa shape index (κ2) is 6.01. The number of rotatable bonds is 3. The van der Waals surface area contributed by atoms with Gasteiger partial charge in [0.15, 0.2) is 11.6 Å². The Balaban J connectivity index is 2.28. The van der Waals surface area contributed by atoms with E-state index in [0.717, 1.165) is 18.2 Å². The van der Waals surface area contributed by atoms with E-state index in [4.69, 9.17) is 10.00 Å². The summed E-state index contributed by atoms with van der Waals surface area (Å²) in [5, 5.41) is 11.4. The normalized spacial score (nSPS) is 9.81. The van der Waals surface area contributed by atoms with Gasteiger partial charge in [0.05, 0.1) is 18.4 Å². The van der Waals surface area contributed by atoms with Crippen molar-refractivity contribution in [3.63, 3.8) is 0 Å². The highest BCUT2D eigenvalue weighted by molar-refractivity contribution is 6.05. The number of hydrogen-bond donors (Lipinski definition) is 1. The van der Waals surface area contributed by atoms with Gasteiger partial charge in [0.2, 0.25) is 0 Å². The zero-order chi connectivity index (χ0) is 15.4. The highest BCUT2D eigenvalue weighted by Crippen LogP contribution is 2.21. The number of carbonyl (C=O) groups is 1. The molecule has 0 radical (unpaired) electrons. The fourth-order valence-electron chi connectivity index (χ4n) is 1.71. The van der Waals surface area contributed by atoms with Gasteiger partial charge in [0, 0.05) is 5.56 Å². The first-order valence-corrected chi connectivity index (χ1v) is 5.89. The molecule has 0 saturated heterocycles. The average Bonchev–Trinajstić information content (AvgIpc) is 2.49. The molecule has 106 valence electrons. The number of nitriles is 1. The summed E-state index contributed by atoms with van der Waals surface area (Å²) in [5.74, 6) is -1.79. The molecule has 0 spiro atoms. The van der Waals surface area contributed by atoms with Crippen molar-refractivity contribution < 1.29 is 18.3 Å². The van der Waals surface area contributed by atoms with Crippen molar-refractivity contribution in [2.45, 2.75) is 0 Å². The predicted octanol–water partition coefficient (Wildman–Crippen LogP) is 3.10. The van der Waals surface area contributed by atoms with Crippen LogP contribution in [0, 0.1) is 23.0 Å². The van der Waals surface area contributed by atoms with Crippen LogP contribution in [0.2, 0.25) is 0 Å². The third-order valence-corrected chi connectivity index (χ3v) is 2.76. The van der Waals surface area contributed by atoms with Crippen molar-refractivity contribution in [2.24, 2.45) is 0 Å². The molecule has 21 heavy (non-hydrogen) atoms. The van der Waals surface area contributed by atoms with Gasteiger partial charge in [-0.1, -0.05) is 0 Å². The van der Waals surface area contributed by atoms with Gasteiger partial charge >= 0.3 is 0 Å². The molecule has 0 saturated carbocycles. The SMILES string of the molecule is COc1cc(C(=O)Nc2ccc(F)cc2C#N)ccc1F. The molecule has 4 nitrogen and oxygen atoms in total. The van der Waals surface area contributed by atoms with Crippen molar-refractivity contribution in [3.8, 4) is 11.8 Å². The van der Waals surface area contributed by atoms with Crippen LogP contribution in [0.25, 0.3) is 0 Å². The molecule has 1 amide bonds. The zero-order valence-corrected chi connectivity index (χ0v) is 11.0. The maximum Gasteiger partial charge on any atom is 0.255 e. The molecule has 0 heterocycles. The Hall–Kier alpha value is -2.94. The summed E-state index contributed by atoms with van der Waals surface area (Å²) in [7, 11) is 1.29. The molecule has 0 aliphatic carbocycles. The summed E-state index contributed by atoms with van der Waals surface area (Å²) in [6.45, 7) is 0. The van der Waals surface area contributed by atoms with E-state index in [1.54, 1.807) is 6.07 Å². The molecule has 0 aliphatic rings. The van der Waals surface area contributed by atoms with Crippen LogP contribution in [-0.4, -0.2) is 13.0 Å². The Morgan fingerprint density at radius 2 is 2.00 bits per heavy atom. The number of amides is 1. The van der Waals surface area contributed by atoms with Crippen molar-refractivity contribution >= 4 is 11.6 Å². The lowest BCUT2D eigenvalue weighted by molar-refractivity contribution is 0.102. The number of nitrogens with one attached hydrogen (secondary N) is 1. The molecule has 0 atom stereocenters. The quantitative estimate of drug-likeness (QED) is 0.944. The first-order chi connectivity index (χ1) is 10.0. The summed E-state index contributed by atoms with van der Waals surface area (Å²) in [5.41, 5.74) is 0.325. The fourth-order valence-corrected chi connectivity index (χ4v) is 1.71. The number of anilines is 1. The zero-order valence-electron chi connectivity index (χ0n) is 11.0. The molecule has 6 heteroatoms. The van der Waals surface area contributed by atoms with E-state index < -0.39 is 17.5 Å². The smallest absolute Gasteiger partial charge is 0.255 e. The topological polar surface area (TPSA) is 62.1 Å². The third kappa shape index (κ3) is 3.15. The first kappa shape index (κ1) is 14.5. The van der Waals surface area contributed by atoms with Gasteiger partial charge < -0.3 is 10.1 Å². The van der Waals surface area contributed by atoms with E-state index in [0.29, 0.717) is 0 Å². The number of hydrogen-bond acceptors (Lipinski definition) is 3. The highest BCUT2D eigenvalue weighted by Gasteiger charge is 2.12. The van der Waals surface area contributed by atoms with Crippen molar-refractivity contribution in [1.29, 1.82) is 5.26 Å². The Morgan fingerprint density at radius 3 is 2.67 bits per heavy atom. The molecule has 2 aromatic carbocycles. The van der Waals surface area contributed by atoms with Crippen LogP contribution >= 0.6 is 0 Å². The van der Waals surface area contributed by atoms with Crippen LogP contribution in [0.3, 0.4) is 0 Å². The van der Waals surface area contributed by atoms with Gasteiger partial charge in [-0.25, -0.2) is 8.78 Å². The maximum absolute atomic E-state index is 13.3. The Labute approximate surface area is 119 Å². The van der Waals surface area contributed by atoms with E-state index in [1.807, 2.05) is 0 Å². The van der Waals surface area contributed by atoms with E-state index >= 15 is 0 Å². The second-order valence-corrected chi connectivity index (χ2v) is 4.11. The molecule has 2 rings (SSSR count). The van der Waals surface area contributed by atoms with Gasteiger partial charge in [-0.15, -0.1) is 0 Å². The molecule has 1 N–H and O–H groups in total. The summed E-state index contributed by atoms with van der Waals surface area (Å²) in [4.78, 5) is 12.1. The monoisotopic (exact) mass is 288 g/mol. The van der Waals surface area contributed by atoms with Crippen molar-refractivity contribution in [1.82, 2.24) is 0 Å². The van der Waals surface area contributed by atoms with E-state index in [9.17, 15) is 13.6 Å². The van der Waals surface area contributed by atoms with Gasteiger partial charge in [0.1, 0.15) is 11.9 Å². The minimum absolute atomic E-state index is 0.00238. The van der Waals surface area contributed by atoms with Crippen LogP contribution in [0.1, 0.15) is 15.9 Å². The van der Waals surface area contributed by atoms with Gasteiger partial charge in [-0.2, -0.15) is 5.26 Å². The molecule has 0 fully saturated rings. The third-order valence-electron chi connectivity index (χ3n) is 2.76. The lowest BCUT2D eigenvalue weighted by Crippen LogP contribution is -2.13. The second-order valence-electron chi connectivity index (χ2n) is 4.11. The fraction of sp³-hybridized carbons (Fsp3) is 0.0667. The first-order valence-electron chi connectivity index (χ1n) is 5.89. The predicted molar refractivity (Wildman–Crippen MR) is 72.0 cm³/mol. The van der Waals surface area contributed by atoms with E-state index in [-0.39, 0.29) is 22.6 Å². The molecule has 0 unspecified atom stereocenters. The molecule has 0 aromatic heterocycles. The van der Waals surface area contributed by atoms with Crippen molar-refractivity contribution in [3.05, 3.63) is 59.2 Å². The molecule has 0 bridgehead atoms. The minimum atomic E-state index is -0.589. The molecular formula is C15H10F2N2O2. The highest BCUT2D eigenvalue weighted by atomic mass is 19.1. The Bertz CT molecular complexity index is 739. The summed E-state index contributed by atoms with van der Waals surface area (Å²) >= 11 is 0. The number of methoxy groups -OCH3 is 1. The van der Waals surface area contributed by atoms with Gasteiger partial charge in [-0.05, 0) is 36.4 Å². The Morgan fingerprint density at radius 1 is 1.24 bits per heavy atom. The van der Waals surface area contributed by atoms with Crippen LogP contribution in [0.4, 0.5) is 14.5 Å².